The zero-order chi connectivity index (χ0) is 20.4. The number of carbonyl (C=O) groups excluding carboxylic acids is 1. The molecule has 2 heterocycles. The maximum absolute atomic E-state index is 14.5. The molecule has 2 atom stereocenters. The van der Waals surface area contributed by atoms with Crippen molar-refractivity contribution in [3.8, 4) is 11.5 Å². The summed E-state index contributed by atoms with van der Waals surface area (Å²) in [5, 5.41) is 14.6. The Morgan fingerprint density at radius 3 is 2.86 bits per heavy atom. The van der Waals surface area contributed by atoms with Gasteiger partial charge in [-0.3, -0.25) is 4.79 Å². The molecule has 0 aliphatic heterocycles. The molecule has 1 aliphatic carbocycles. The number of rotatable bonds is 5. The molecule has 1 fully saturated rings. The number of carboxylic acid groups (broad SMARTS) is 1. The third-order valence-electron chi connectivity index (χ3n) is 4.97. The van der Waals surface area contributed by atoms with Gasteiger partial charge in [-0.1, -0.05) is 0 Å². The number of amides is 2. The topological polar surface area (TPSA) is 116 Å². The van der Waals surface area contributed by atoms with Crippen LogP contribution in [0.25, 0.3) is 11.0 Å². The first kappa shape index (κ1) is 18.7. The average Bonchev–Trinajstić information content (AvgIpc) is 3.33. The molecule has 2 aromatic heterocycles. The highest BCUT2D eigenvalue weighted by atomic mass is 19.1. The van der Waals surface area contributed by atoms with Gasteiger partial charge in [0, 0.05) is 36.1 Å². The number of fused-ring (bicyclic) bond motifs is 1. The second-order valence-electron chi connectivity index (χ2n) is 6.94. The summed E-state index contributed by atoms with van der Waals surface area (Å²) < 4.78 is 20.2. The molecule has 1 aromatic carbocycles. The zero-order valence-corrected chi connectivity index (χ0v) is 15.3. The lowest BCUT2D eigenvalue weighted by molar-refractivity contribution is -0.119. The predicted molar refractivity (Wildman–Crippen MR) is 103 cm³/mol. The van der Waals surface area contributed by atoms with Gasteiger partial charge in [0.2, 0.25) is 5.91 Å². The molecule has 29 heavy (non-hydrogen) atoms. The fraction of sp³-hybridized carbons (Fsp3) is 0.250. The Labute approximate surface area is 165 Å². The van der Waals surface area contributed by atoms with Crippen LogP contribution >= 0.6 is 0 Å². The first-order chi connectivity index (χ1) is 14.0. The summed E-state index contributed by atoms with van der Waals surface area (Å²) in [4.78, 5) is 30.2. The van der Waals surface area contributed by atoms with Gasteiger partial charge in [-0.05, 0) is 43.5 Å². The van der Waals surface area contributed by atoms with Crippen molar-refractivity contribution < 1.29 is 23.8 Å². The highest BCUT2D eigenvalue weighted by Gasteiger charge is 2.30. The maximum Gasteiger partial charge on any atom is 0.404 e. The van der Waals surface area contributed by atoms with Gasteiger partial charge in [0.1, 0.15) is 11.4 Å². The second-order valence-corrected chi connectivity index (χ2v) is 6.94. The van der Waals surface area contributed by atoms with Crippen molar-refractivity contribution in [1.29, 1.82) is 0 Å². The molecule has 0 radical (unpaired) electrons. The van der Waals surface area contributed by atoms with Crippen LogP contribution in [0.1, 0.15) is 19.3 Å². The normalized spacial score (nSPS) is 18.5. The van der Waals surface area contributed by atoms with Crippen LogP contribution in [0.2, 0.25) is 0 Å². The first-order valence-electron chi connectivity index (χ1n) is 9.19. The van der Waals surface area contributed by atoms with Gasteiger partial charge in [-0.2, -0.15) is 0 Å². The Morgan fingerprint density at radius 1 is 1.21 bits per heavy atom. The molecular formula is C20H19FN4O4. The third kappa shape index (κ3) is 4.13. The van der Waals surface area contributed by atoms with Crippen LogP contribution in [0.5, 0.6) is 11.5 Å². The molecule has 3 aromatic rings. The van der Waals surface area contributed by atoms with Crippen LogP contribution in [0.4, 0.5) is 14.9 Å². The van der Waals surface area contributed by atoms with E-state index in [9.17, 15) is 14.0 Å². The standard InChI is InChI=1S/C20H19FN4O4/c21-15-10-13(24-19(26)11-1-2-12(9-11)25-20(27)28)3-4-17(15)29-16-6-8-23-18-14(16)5-7-22-18/h3-8,10-12,25H,1-2,9H2,(H,22,23)(H,24,26)(H,27,28). The van der Waals surface area contributed by atoms with Gasteiger partial charge in [-0.25, -0.2) is 14.2 Å². The monoisotopic (exact) mass is 398 g/mol. The lowest BCUT2D eigenvalue weighted by atomic mass is 10.1. The molecule has 1 saturated carbocycles. The number of ether oxygens (including phenoxy) is 1. The van der Waals surface area contributed by atoms with Gasteiger partial charge in [0.05, 0.1) is 5.39 Å². The summed E-state index contributed by atoms with van der Waals surface area (Å²) in [5.74, 6) is -0.682. The quantitative estimate of drug-likeness (QED) is 0.521. The Balaban J connectivity index is 1.42. The smallest absolute Gasteiger partial charge is 0.404 e. The molecule has 0 bridgehead atoms. The van der Waals surface area contributed by atoms with Crippen molar-refractivity contribution in [2.75, 3.05) is 5.32 Å². The van der Waals surface area contributed by atoms with Gasteiger partial charge in [0.15, 0.2) is 11.6 Å². The molecule has 2 unspecified atom stereocenters. The summed E-state index contributed by atoms with van der Waals surface area (Å²) in [6, 6.07) is 7.41. The summed E-state index contributed by atoms with van der Waals surface area (Å²) in [6.45, 7) is 0. The van der Waals surface area contributed by atoms with Crippen molar-refractivity contribution in [2.24, 2.45) is 5.92 Å². The summed E-state index contributed by atoms with van der Waals surface area (Å²) >= 11 is 0. The lowest BCUT2D eigenvalue weighted by Crippen LogP contribution is -2.32. The Kier molecular flexibility index (Phi) is 5.03. The van der Waals surface area contributed by atoms with E-state index in [1.165, 1.54) is 12.1 Å². The van der Waals surface area contributed by atoms with E-state index in [1.54, 1.807) is 30.6 Å². The first-order valence-corrected chi connectivity index (χ1v) is 9.19. The number of nitrogens with one attached hydrogen (secondary N) is 3. The molecule has 4 N–H and O–H groups in total. The minimum atomic E-state index is -1.10. The molecular weight excluding hydrogens is 379 g/mol. The van der Waals surface area contributed by atoms with E-state index in [1.807, 2.05) is 0 Å². The number of aromatic nitrogens is 2. The van der Waals surface area contributed by atoms with Crippen molar-refractivity contribution in [3.05, 3.63) is 48.5 Å². The molecule has 150 valence electrons. The summed E-state index contributed by atoms with van der Waals surface area (Å²) in [7, 11) is 0. The van der Waals surface area contributed by atoms with Gasteiger partial charge in [-0.15, -0.1) is 0 Å². The number of anilines is 1. The summed E-state index contributed by atoms with van der Waals surface area (Å²) in [5.41, 5.74) is 0.954. The number of carbonyl (C=O) groups is 2. The second kappa shape index (κ2) is 7.78. The van der Waals surface area contributed by atoms with Crippen molar-refractivity contribution in [2.45, 2.75) is 25.3 Å². The van der Waals surface area contributed by atoms with Crippen LogP contribution in [-0.4, -0.2) is 33.1 Å². The number of hydrogen-bond acceptors (Lipinski definition) is 4. The van der Waals surface area contributed by atoms with E-state index in [-0.39, 0.29) is 23.6 Å². The van der Waals surface area contributed by atoms with Crippen molar-refractivity contribution in [1.82, 2.24) is 15.3 Å². The zero-order valence-electron chi connectivity index (χ0n) is 15.3. The van der Waals surface area contributed by atoms with Crippen LogP contribution < -0.4 is 15.4 Å². The molecule has 2 amide bonds. The Morgan fingerprint density at radius 2 is 2.07 bits per heavy atom. The Hall–Kier alpha value is -3.62. The molecule has 4 rings (SSSR count). The molecule has 0 spiro atoms. The minimum absolute atomic E-state index is 0.0308. The molecule has 0 saturated heterocycles. The van der Waals surface area contributed by atoms with Crippen LogP contribution in [0, 0.1) is 11.7 Å². The fourth-order valence-electron chi connectivity index (χ4n) is 3.57. The van der Waals surface area contributed by atoms with Gasteiger partial charge < -0.3 is 25.5 Å². The number of benzene rings is 1. The van der Waals surface area contributed by atoms with Crippen LogP contribution in [-0.2, 0) is 4.79 Å². The highest BCUT2D eigenvalue weighted by molar-refractivity contribution is 5.93. The van der Waals surface area contributed by atoms with Crippen molar-refractivity contribution in [3.63, 3.8) is 0 Å². The molecule has 9 heteroatoms. The maximum atomic E-state index is 14.5. The van der Waals surface area contributed by atoms with Crippen LogP contribution in [0.15, 0.2) is 42.7 Å². The van der Waals surface area contributed by atoms with Crippen molar-refractivity contribution >= 4 is 28.7 Å². The third-order valence-corrected chi connectivity index (χ3v) is 4.97. The average molecular weight is 398 g/mol. The predicted octanol–water partition coefficient (Wildman–Crippen LogP) is 3.87. The Bertz CT molecular complexity index is 1070. The van der Waals surface area contributed by atoms with E-state index in [0.29, 0.717) is 36.3 Å². The number of H-pyrrole nitrogens is 1. The number of hydrogen-bond donors (Lipinski definition) is 4. The van der Waals surface area contributed by atoms with E-state index in [2.05, 4.69) is 20.6 Å². The highest BCUT2D eigenvalue weighted by Crippen LogP contribution is 2.32. The largest absolute Gasteiger partial charge is 0.465 e. The fourth-order valence-corrected chi connectivity index (χ4v) is 3.57. The molecule has 1 aliphatic rings. The van der Waals surface area contributed by atoms with Gasteiger partial charge in [0.25, 0.3) is 0 Å². The van der Waals surface area contributed by atoms with E-state index in [4.69, 9.17) is 9.84 Å². The van der Waals surface area contributed by atoms with E-state index in [0.717, 1.165) is 5.39 Å². The van der Waals surface area contributed by atoms with E-state index >= 15 is 0 Å². The number of nitrogens with zero attached hydrogens (tertiary/aromatic N) is 1. The van der Waals surface area contributed by atoms with Gasteiger partial charge >= 0.3 is 6.09 Å². The summed E-state index contributed by atoms with van der Waals surface area (Å²) in [6.07, 6.45) is 3.80. The van der Waals surface area contributed by atoms with Crippen LogP contribution in [0.3, 0.4) is 0 Å². The number of halogens is 1. The SMILES string of the molecule is O=C(O)NC1CCC(C(=O)Nc2ccc(Oc3ccnc4[nH]ccc34)c(F)c2)C1. The number of pyridine rings is 1. The molecule has 8 nitrogen and oxygen atoms in total. The minimum Gasteiger partial charge on any atom is -0.465 e. The number of aromatic amines is 1. The lowest BCUT2D eigenvalue weighted by Gasteiger charge is -2.13. The van der Waals surface area contributed by atoms with E-state index < -0.39 is 11.9 Å².